The van der Waals surface area contributed by atoms with E-state index in [1.54, 1.807) is 12.1 Å². The van der Waals surface area contributed by atoms with E-state index in [-0.39, 0.29) is 16.7 Å². The highest BCUT2D eigenvalue weighted by Crippen LogP contribution is 2.33. The van der Waals surface area contributed by atoms with Crippen LogP contribution < -0.4 is 0 Å². The van der Waals surface area contributed by atoms with Crippen LogP contribution >= 0.6 is 0 Å². The highest BCUT2D eigenvalue weighted by molar-refractivity contribution is 7.89. The van der Waals surface area contributed by atoms with E-state index in [0.717, 1.165) is 9.87 Å². The summed E-state index contributed by atoms with van der Waals surface area (Å²) in [5.41, 5.74) is 1.40. The van der Waals surface area contributed by atoms with E-state index in [0.29, 0.717) is 5.56 Å². The van der Waals surface area contributed by atoms with Crippen molar-refractivity contribution in [3.8, 4) is 22.8 Å². The van der Waals surface area contributed by atoms with E-state index in [9.17, 15) is 8.42 Å². The van der Waals surface area contributed by atoms with Crippen LogP contribution in [0, 0.1) is 0 Å². The SMILES string of the molecule is CN(C)S(=O)(=O)c1nc(-c2ccccc2)oc1-c1ccccc1. The quantitative estimate of drug-likeness (QED) is 0.737. The minimum Gasteiger partial charge on any atom is -0.435 e. The van der Waals surface area contributed by atoms with Gasteiger partial charge in [0.1, 0.15) is 0 Å². The molecule has 1 heterocycles. The Bertz CT molecular complexity index is 902. The molecule has 118 valence electrons. The second-order valence-corrected chi connectivity index (χ2v) is 7.24. The summed E-state index contributed by atoms with van der Waals surface area (Å²) < 4.78 is 32.1. The fourth-order valence-corrected chi connectivity index (χ4v) is 3.07. The maximum absolute atomic E-state index is 12.6. The molecule has 0 unspecified atom stereocenters. The Morgan fingerprint density at radius 1 is 0.870 bits per heavy atom. The fourth-order valence-electron chi connectivity index (χ4n) is 2.13. The molecule has 0 N–H and O–H groups in total. The van der Waals surface area contributed by atoms with Crippen LogP contribution in [0.15, 0.2) is 70.1 Å². The third kappa shape index (κ3) is 2.91. The predicted molar refractivity (Wildman–Crippen MR) is 88.2 cm³/mol. The molecule has 3 aromatic rings. The lowest BCUT2D eigenvalue weighted by Gasteiger charge is -2.09. The summed E-state index contributed by atoms with van der Waals surface area (Å²) in [7, 11) is -0.768. The third-order valence-electron chi connectivity index (χ3n) is 3.38. The lowest BCUT2D eigenvalue weighted by atomic mass is 10.2. The highest BCUT2D eigenvalue weighted by atomic mass is 32.2. The van der Waals surface area contributed by atoms with Crippen LogP contribution in [-0.2, 0) is 10.0 Å². The molecule has 0 atom stereocenters. The molecule has 1 aromatic heterocycles. The van der Waals surface area contributed by atoms with Gasteiger partial charge < -0.3 is 4.42 Å². The maximum Gasteiger partial charge on any atom is 0.263 e. The number of rotatable bonds is 4. The normalized spacial score (nSPS) is 11.8. The maximum atomic E-state index is 12.6. The Morgan fingerprint density at radius 3 is 1.91 bits per heavy atom. The van der Waals surface area contributed by atoms with Crippen LogP contribution in [0.4, 0.5) is 0 Å². The van der Waals surface area contributed by atoms with Gasteiger partial charge in [0.25, 0.3) is 10.0 Å². The van der Waals surface area contributed by atoms with Crippen molar-refractivity contribution in [1.29, 1.82) is 0 Å². The van der Waals surface area contributed by atoms with Crippen LogP contribution in [0.25, 0.3) is 22.8 Å². The monoisotopic (exact) mass is 328 g/mol. The molecule has 0 saturated carbocycles. The molecule has 0 saturated heterocycles. The van der Waals surface area contributed by atoms with Crippen molar-refractivity contribution >= 4 is 10.0 Å². The van der Waals surface area contributed by atoms with Gasteiger partial charge in [-0.25, -0.2) is 12.7 Å². The van der Waals surface area contributed by atoms with Crippen molar-refractivity contribution < 1.29 is 12.8 Å². The van der Waals surface area contributed by atoms with Gasteiger partial charge in [-0.1, -0.05) is 48.5 Å². The van der Waals surface area contributed by atoms with Crippen molar-refractivity contribution in [2.45, 2.75) is 5.03 Å². The average Bonchev–Trinajstić information content (AvgIpc) is 3.02. The van der Waals surface area contributed by atoms with Gasteiger partial charge in [0.2, 0.25) is 10.9 Å². The molecule has 2 aromatic carbocycles. The number of sulfonamides is 1. The molecule has 23 heavy (non-hydrogen) atoms. The van der Waals surface area contributed by atoms with Gasteiger partial charge >= 0.3 is 0 Å². The summed E-state index contributed by atoms with van der Waals surface area (Å²) in [5.74, 6) is 0.531. The van der Waals surface area contributed by atoms with E-state index in [1.807, 2.05) is 48.5 Å². The van der Waals surface area contributed by atoms with Crippen LogP contribution in [-0.4, -0.2) is 31.8 Å². The van der Waals surface area contributed by atoms with Gasteiger partial charge in [0.05, 0.1) is 0 Å². The molecule has 0 spiro atoms. The number of aromatic nitrogens is 1. The molecular formula is C17H16N2O3S. The van der Waals surface area contributed by atoms with E-state index in [4.69, 9.17) is 4.42 Å². The van der Waals surface area contributed by atoms with Gasteiger partial charge in [-0.15, -0.1) is 0 Å². The predicted octanol–water partition coefficient (Wildman–Crippen LogP) is 3.26. The molecule has 6 heteroatoms. The second kappa shape index (κ2) is 5.98. The zero-order valence-corrected chi connectivity index (χ0v) is 13.6. The first-order valence-corrected chi connectivity index (χ1v) is 8.48. The smallest absolute Gasteiger partial charge is 0.263 e. The summed E-state index contributed by atoms with van der Waals surface area (Å²) in [6.07, 6.45) is 0. The van der Waals surface area contributed by atoms with Gasteiger partial charge in [-0.05, 0) is 12.1 Å². The van der Waals surface area contributed by atoms with E-state index in [2.05, 4.69) is 4.98 Å². The fraction of sp³-hybridized carbons (Fsp3) is 0.118. The first-order chi connectivity index (χ1) is 11.0. The van der Waals surface area contributed by atoms with E-state index in [1.165, 1.54) is 14.1 Å². The summed E-state index contributed by atoms with van der Waals surface area (Å²) >= 11 is 0. The Hall–Kier alpha value is -2.44. The summed E-state index contributed by atoms with van der Waals surface area (Å²) in [6, 6.07) is 18.3. The molecular weight excluding hydrogens is 312 g/mol. The van der Waals surface area contributed by atoms with Crippen molar-refractivity contribution in [2.75, 3.05) is 14.1 Å². The largest absolute Gasteiger partial charge is 0.435 e. The minimum atomic E-state index is -3.71. The Labute approximate surface area is 135 Å². The Morgan fingerprint density at radius 2 is 1.39 bits per heavy atom. The van der Waals surface area contributed by atoms with Crippen molar-refractivity contribution in [3.63, 3.8) is 0 Å². The topological polar surface area (TPSA) is 63.4 Å². The van der Waals surface area contributed by atoms with Crippen LogP contribution in [0.2, 0.25) is 0 Å². The number of hydrogen-bond donors (Lipinski definition) is 0. The molecule has 3 rings (SSSR count). The standard InChI is InChI=1S/C17H16N2O3S/c1-19(2)23(20,21)17-15(13-9-5-3-6-10-13)22-16(18-17)14-11-7-4-8-12-14/h3-12H,1-2H3. The van der Waals surface area contributed by atoms with Crippen LogP contribution in [0.1, 0.15) is 0 Å². The molecule has 0 aliphatic heterocycles. The van der Waals surface area contributed by atoms with Crippen molar-refractivity contribution in [2.24, 2.45) is 0 Å². The first kappa shape index (κ1) is 15.5. The molecule has 0 aliphatic carbocycles. The Kier molecular flexibility index (Phi) is 4.02. The zero-order chi connectivity index (χ0) is 16.4. The second-order valence-electron chi connectivity index (χ2n) is 5.17. The lowest BCUT2D eigenvalue weighted by molar-refractivity contribution is 0.516. The molecule has 0 fully saturated rings. The van der Waals surface area contributed by atoms with Gasteiger partial charge in [-0.2, -0.15) is 4.98 Å². The first-order valence-electron chi connectivity index (χ1n) is 7.04. The number of benzene rings is 2. The summed E-state index contributed by atoms with van der Waals surface area (Å²) in [5, 5.41) is -0.0763. The number of hydrogen-bond acceptors (Lipinski definition) is 4. The minimum absolute atomic E-state index is 0.0763. The molecule has 0 aliphatic rings. The van der Waals surface area contributed by atoms with Crippen LogP contribution in [0.3, 0.4) is 0 Å². The third-order valence-corrected chi connectivity index (χ3v) is 5.10. The van der Waals surface area contributed by atoms with Crippen molar-refractivity contribution in [3.05, 3.63) is 60.7 Å². The summed E-state index contributed by atoms with van der Waals surface area (Å²) in [4.78, 5) is 4.25. The lowest BCUT2D eigenvalue weighted by Crippen LogP contribution is -2.23. The molecule has 5 nitrogen and oxygen atoms in total. The zero-order valence-electron chi connectivity index (χ0n) is 12.8. The number of nitrogens with zero attached hydrogens (tertiary/aromatic N) is 2. The molecule has 0 radical (unpaired) electrons. The summed E-state index contributed by atoms with van der Waals surface area (Å²) in [6.45, 7) is 0. The number of oxazole rings is 1. The van der Waals surface area contributed by atoms with Gasteiger partial charge in [0, 0.05) is 25.2 Å². The van der Waals surface area contributed by atoms with Crippen molar-refractivity contribution in [1.82, 2.24) is 9.29 Å². The van der Waals surface area contributed by atoms with E-state index >= 15 is 0 Å². The van der Waals surface area contributed by atoms with Gasteiger partial charge in [-0.3, -0.25) is 0 Å². The van der Waals surface area contributed by atoms with Gasteiger partial charge in [0.15, 0.2) is 5.76 Å². The Balaban J connectivity index is 2.24. The van der Waals surface area contributed by atoms with Crippen LogP contribution in [0.5, 0.6) is 0 Å². The van der Waals surface area contributed by atoms with E-state index < -0.39 is 10.0 Å². The highest BCUT2D eigenvalue weighted by Gasteiger charge is 2.29. The molecule has 0 amide bonds. The average molecular weight is 328 g/mol. The molecule has 0 bridgehead atoms.